The summed E-state index contributed by atoms with van der Waals surface area (Å²) < 4.78 is 59.4. The van der Waals surface area contributed by atoms with E-state index < -0.39 is 58.0 Å². The summed E-state index contributed by atoms with van der Waals surface area (Å²) in [7, 11) is 0.0324. The minimum absolute atomic E-state index is 0.00212. The molecular formula is C27H28F2N6O6S. The molecule has 0 radical (unpaired) electrons. The number of ether oxygens (including phenoxy) is 3. The molecule has 3 aromatic rings. The van der Waals surface area contributed by atoms with E-state index in [1.165, 1.54) is 36.4 Å². The molecule has 15 heteroatoms. The summed E-state index contributed by atoms with van der Waals surface area (Å²) >= 11 is 0. The van der Waals surface area contributed by atoms with Crippen molar-refractivity contribution in [1.29, 1.82) is 5.41 Å². The number of phenols is 1. The number of nitrogens with two attached hydrogens (primary N) is 2. The molecule has 0 aliphatic carbocycles. The highest BCUT2D eigenvalue weighted by molar-refractivity contribution is 7.85. The van der Waals surface area contributed by atoms with Crippen LogP contribution in [0.3, 0.4) is 0 Å². The van der Waals surface area contributed by atoms with E-state index in [2.05, 4.69) is 9.98 Å². The zero-order valence-corrected chi connectivity index (χ0v) is 23.4. The number of carbonyl (C=O) groups excluding carboxylic acids is 1. The third-order valence-electron chi connectivity index (χ3n) is 6.06. The Labute approximate surface area is 241 Å². The number of aliphatic imine (C=N–C) groups is 1. The zero-order valence-electron chi connectivity index (χ0n) is 22.5. The molecule has 0 spiro atoms. The number of amidine groups is 1. The molecule has 3 atom stereocenters. The van der Waals surface area contributed by atoms with Crippen molar-refractivity contribution < 1.29 is 37.1 Å². The van der Waals surface area contributed by atoms with Gasteiger partial charge in [0.25, 0.3) is 5.88 Å². The lowest BCUT2D eigenvalue weighted by atomic mass is 10.1. The summed E-state index contributed by atoms with van der Waals surface area (Å²) in [5.41, 5.74) is 11.8. The predicted octanol–water partition coefficient (Wildman–Crippen LogP) is 2.95. The van der Waals surface area contributed by atoms with Gasteiger partial charge in [0.15, 0.2) is 17.3 Å². The molecule has 4 rings (SSSR count). The Morgan fingerprint density at radius 3 is 2.67 bits per heavy atom. The molecular weight excluding hydrogens is 574 g/mol. The van der Waals surface area contributed by atoms with Crippen LogP contribution in [0.25, 0.3) is 0 Å². The van der Waals surface area contributed by atoms with Crippen LogP contribution in [-0.2, 0) is 20.3 Å². The fourth-order valence-electron chi connectivity index (χ4n) is 3.92. The summed E-state index contributed by atoms with van der Waals surface area (Å²) in [6, 6.07) is 6.94. The topological polar surface area (TPSA) is 186 Å². The third-order valence-corrected chi connectivity index (χ3v) is 7.51. The smallest absolute Gasteiger partial charge is 0.323 e. The first kappa shape index (κ1) is 30.5. The number of nitrogens with one attached hydrogen (secondary N) is 1. The number of benzene rings is 2. The number of esters is 1. The highest BCUT2D eigenvalue weighted by atomic mass is 32.2. The molecule has 0 saturated heterocycles. The molecule has 0 amide bonds. The number of rotatable bonds is 11. The maximum absolute atomic E-state index is 15.5. The Hall–Kier alpha value is -4.47. The lowest BCUT2D eigenvalue weighted by Gasteiger charge is -2.22. The van der Waals surface area contributed by atoms with Gasteiger partial charge >= 0.3 is 5.97 Å². The highest BCUT2D eigenvalue weighted by Crippen LogP contribution is 2.40. The first-order chi connectivity index (χ1) is 20.0. The van der Waals surface area contributed by atoms with E-state index >= 15 is 4.39 Å². The molecule has 1 aliphatic heterocycles. The predicted molar refractivity (Wildman–Crippen MR) is 150 cm³/mol. The number of carbonyl (C=O) groups is 1. The Balaban J connectivity index is 1.68. The Morgan fingerprint density at radius 1 is 1.24 bits per heavy atom. The van der Waals surface area contributed by atoms with Gasteiger partial charge in [-0.3, -0.25) is 24.3 Å². The number of phenolic OH excluding ortho intramolecular Hbond substituents is 1. The first-order valence-corrected chi connectivity index (χ1v) is 13.9. The van der Waals surface area contributed by atoms with Gasteiger partial charge in [0.1, 0.15) is 23.8 Å². The van der Waals surface area contributed by atoms with Gasteiger partial charge in [-0.05, 0) is 50.4 Å². The van der Waals surface area contributed by atoms with Gasteiger partial charge in [-0.2, -0.15) is 4.39 Å². The fraction of sp³-hybridized carbons (Fsp3) is 0.259. The van der Waals surface area contributed by atoms with Crippen molar-refractivity contribution in [2.75, 3.05) is 26.0 Å². The minimum Gasteiger partial charge on any atom is -0.504 e. The third kappa shape index (κ3) is 6.70. The first-order valence-electron chi connectivity index (χ1n) is 12.5. The van der Waals surface area contributed by atoms with E-state index in [0.29, 0.717) is 18.3 Å². The number of pyridine rings is 1. The molecule has 0 bridgehead atoms. The second kappa shape index (κ2) is 13.0. The van der Waals surface area contributed by atoms with Crippen molar-refractivity contribution in [3.63, 3.8) is 0 Å². The van der Waals surface area contributed by atoms with Crippen molar-refractivity contribution in [2.45, 2.75) is 24.0 Å². The van der Waals surface area contributed by atoms with E-state index in [1.54, 1.807) is 20.2 Å². The molecule has 0 fully saturated rings. The van der Waals surface area contributed by atoms with Crippen LogP contribution in [0, 0.1) is 17.0 Å². The summed E-state index contributed by atoms with van der Waals surface area (Å²) in [6.45, 7) is 2.23. The van der Waals surface area contributed by atoms with Crippen LogP contribution < -0.4 is 20.9 Å². The number of hydrogen-bond donors (Lipinski definition) is 4. The average molecular weight is 603 g/mol. The van der Waals surface area contributed by atoms with Crippen LogP contribution in [0.2, 0.25) is 0 Å². The number of aromatic hydroxyl groups is 1. The Morgan fingerprint density at radius 2 is 2.00 bits per heavy atom. The zero-order chi connectivity index (χ0) is 30.6. The summed E-state index contributed by atoms with van der Waals surface area (Å²) in [4.78, 5) is 22.0. The quantitative estimate of drug-likeness (QED) is 0.144. The molecule has 222 valence electrons. The largest absolute Gasteiger partial charge is 0.504 e. The van der Waals surface area contributed by atoms with Crippen molar-refractivity contribution in [2.24, 2.45) is 16.5 Å². The Bertz CT molecular complexity index is 1570. The molecule has 0 saturated carbocycles. The van der Waals surface area contributed by atoms with Crippen LogP contribution in [0.5, 0.6) is 28.9 Å². The molecule has 2 heterocycles. The van der Waals surface area contributed by atoms with Gasteiger partial charge in [-0.1, -0.05) is 0 Å². The summed E-state index contributed by atoms with van der Waals surface area (Å²) in [5.74, 6) is -5.94. The van der Waals surface area contributed by atoms with Crippen LogP contribution in [0.15, 0.2) is 52.5 Å². The number of hydrogen-bond acceptors (Lipinski definition) is 11. The van der Waals surface area contributed by atoms with Gasteiger partial charge in [-0.15, -0.1) is 0 Å². The van der Waals surface area contributed by atoms with Crippen LogP contribution >= 0.6 is 0 Å². The van der Waals surface area contributed by atoms with Crippen molar-refractivity contribution in [3.8, 4) is 28.9 Å². The van der Waals surface area contributed by atoms with Gasteiger partial charge in [-0.25, -0.2) is 9.37 Å². The lowest BCUT2D eigenvalue weighted by Crippen LogP contribution is -2.37. The Kier molecular flexibility index (Phi) is 9.45. The number of halogens is 2. The van der Waals surface area contributed by atoms with E-state index in [1.807, 2.05) is 4.90 Å². The van der Waals surface area contributed by atoms with Gasteiger partial charge in [0.2, 0.25) is 11.6 Å². The van der Waals surface area contributed by atoms with Crippen molar-refractivity contribution in [1.82, 2.24) is 9.88 Å². The lowest BCUT2D eigenvalue weighted by molar-refractivity contribution is -0.144. The maximum atomic E-state index is 15.5. The van der Waals surface area contributed by atoms with Crippen molar-refractivity contribution >= 4 is 28.8 Å². The molecule has 6 N–H and O–H groups in total. The minimum atomic E-state index is -1.73. The van der Waals surface area contributed by atoms with Gasteiger partial charge < -0.3 is 30.8 Å². The average Bonchev–Trinajstić information content (AvgIpc) is 3.39. The second-order valence-electron chi connectivity index (χ2n) is 9.07. The molecule has 1 aromatic heterocycles. The van der Waals surface area contributed by atoms with Crippen molar-refractivity contribution in [3.05, 3.63) is 65.4 Å². The van der Waals surface area contributed by atoms with Crippen LogP contribution in [-0.4, -0.2) is 69.2 Å². The fourth-order valence-corrected chi connectivity index (χ4v) is 5.05. The highest BCUT2D eigenvalue weighted by Gasteiger charge is 2.28. The molecule has 1 aliphatic rings. The maximum Gasteiger partial charge on any atom is 0.323 e. The van der Waals surface area contributed by atoms with Gasteiger partial charge in [0.05, 0.1) is 29.4 Å². The molecule has 42 heavy (non-hydrogen) atoms. The van der Waals surface area contributed by atoms with E-state index in [0.717, 1.165) is 0 Å². The van der Waals surface area contributed by atoms with Gasteiger partial charge in [0, 0.05) is 28.8 Å². The van der Waals surface area contributed by atoms with E-state index in [9.17, 15) is 18.5 Å². The summed E-state index contributed by atoms with van der Waals surface area (Å²) in [6.07, 6.45) is 1.69. The van der Waals surface area contributed by atoms with E-state index in [4.69, 9.17) is 31.1 Å². The molecule has 2 aromatic carbocycles. The SMILES string of the molecule is CCOC(=O)C(N)CS(=O)c1ccc(Oc2c(F)cnc(Oc3cc(C(=N)N)ccc3O)c2F)c(C2N=CCN2C)c1. The normalized spacial score (nSPS) is 16.2. The number of aromatic nitrogens is 1. The van der Waals surface area contributed by atoms with Crippen LogP contribution in [0.4, 0.5) is 8.78 Å². The van der Waals surface area contributed by atoms with Crippen LogP contribution in [0.1, 0.15) is 24.2 Å². The standard InChI is InChI=1S/C27H28F2N6O6S/c1-3-39-27(37)18(30)13-42(38)15-5-7-20(16(11-15)25-33-8-9-35(25)2)40-23-17(28)12-34-26(22(23)29)41-21-10-14(24(31)32)4-6-19(21)36/h4-8,10-12,18,25,36H,3,9,13,30H2,1-2H3,(H3,31,32). The number of nitrogens with zero attached hydrogens (tertiary/aromatic N) is 3. The van der Waals surface area contributed by atoms with E-state index in [-0.39, 0.29) is 40.2 Å². The summed E-state index contributed by atoms with van der Waals surface area (Å²) in [5, 5.41) is 17.7. The molecule has 3 unspecified atom stereocenters. The number of nitrogen functional groups attached to an aromatic ring is 1. The molecule has 12 nitrogen and oxygen atoms in total. The second-order valence-corrected chi connectivity index (χ2v) is 10.6. The monoisotopic (exact) mass is 602 g/mol.